The maximum atomic E-state index is 13.3. The molecule has 0 bridgehead atoms. The summed E-state index contributed by atoms with van der Waals surface area (Å²) in [6, 6.07) is 1.30. The molecule has 2 aliphatic carbocycles. The van der Waals surface area contributed by atoms with Crippen LogP contribution in [0.1, 0.15) is 44.9 Å². The van der Waals surface area contributed by atoms with E-state index in [4.69, 9.17) is 15.2 Å². The van der Waals surface area contributed by atoms with Gasteiger partial charge in [-0.3, -0.25) is 4.79 Å². The van der Waals surface area contributed by atoms with Crippen LogP contribution in [0.25, 0.3) is 0 Å². The standard InChI is InChI=1S/C21H37N3O4Si/c1-29(2,3)11-10-28-15-23-18(25)21(8-9-27-14-21)24(19(23)26)17-12-20(13-17)6-4-16(22)5-7-20/h16-17H,4-15,22H2,1-3H3/t16?,17?,20?,21-/m1/s1. The number of rotatable bonds is 6. The Morgan fingerprint density at radius 3 is 2.45 bits per heavy atom. The molecule has 0 unspecified atom stereocenters. The van der Waals surface area contributed by atoms with Crippen molar-refractivity contribution in [1.82, 2.24) is 9.80 Å². The first-order valence-corrected chi connectivity index (χ1v) is 14.9. The monoisotopic (exact) mass is 423 g/mol. The quantitative estimate of drug-likeness (QED) is 0.403. The van der Waals surface area contributed by atoms with Gasteiger partial charge in [-0.1, -0.05) is 19.6 Å². The predicted molar refractivity (Wildman–Crippen MR) is 113 cm³/mol. The van der Waals surface area contributed by atoms with Gasteiger partial charge in [-0.05, 0) is 50.0 Å². The first-order valence-electron chi connectivity index (χ1n) is 11.2. The molecule has 3 amide bonds. The van der Waals surface area contributed by atoms with Crippen molar-refractivity contribution in [3.05, 3.63) is 0 Å². The fourth-order valence-electron chi connectivity index (χ4n) is 5.60. The number of urea groups is 1. The third-order valence-corrected chi connectivity index (χ3v) is 9.26. The molecule has 4 fully saturated rings. The Morgan fingerprint density at radius 1 is 1.17 bits per heavy atom. The van der Waals surface area contributed by atoms with E-state index in [1.54, 1.807) is 0 Å². The van der Waals surface area contributed by atoms with E-state index >= 15 is 0 Å². The molecular formula is C21H37N3O4Si. The molecule has 29 heavy (non-hydrogen) atoms. The Labute approximate surface area is 175 Å². The lowest BCUT2D eigenvalue weighted by molar-refractivity contribution is -0.138. The van der Waals surface area contributed by atoms with Crippen LogP contribution in [-0.2, 0) is 14.3 Å². The third kappa shape index (κ3) is 3.89. The summed E-state index contributed by atoms with van der Waals surface area (Å²) in [5, 5.41) is 0. The first-order chi connectivity index (χ1) is 13.7. The van der Waals surface area contributed by atoms with Crippen LogP contribution in [0.3, 0.4) is 0 Å². The zero-order valence-electron chi connectivity index (χ0n) is 18.2. The Balaban J connectivity index is 1.42. The lowest BCUT2D eigenvalue weighted by atomic mass is 9.57. The number of amides is 3. The second-order valence-corrected chi connectivity index (χ2v) is 16.6. The molecule has 2 saturated carbocycles. The molecule has 4 rings (SSSR count). The molecule has 0 aromatic rings. The van der Waals surface area contributed by atoms with Gasteiger partial charge in [0.2, 0.25) is 0 Å². The molecule has 2 heterocycles. The number of hydrogen-bond donors (Lipinski definition) is 1. The minimum absolute atomic E-state index is 0.0626. The van der Waals surface area contributed by atoms with Crippen molar-refractivity contribution in [3.63, 3.8) is 0 Å². The summed E-state index contributed by atoms with van der Waals surface area (Å²) >= 11 is 0. The van der Waals surface area contributed by atoms with E-state index in [0.29, 0.717) is 37.7 Å². The smallest absolute Gasteiger partial charge is 0.329 e. The molecule has 0 aromatic heterocycles. The van der Waals surface area contributed by atoms with Gasteiger partial charge in [-0.15, -0.1) is 0 Å². The largest absolute Gasteiger partial charge is 0.378 e. The number of imide groups is 1. The van der Waals surface area contributed by atoms with Crippen LogP contribution in [0.4, 0.5) is 4.79 Å². The fourth-order valence-corrected chi connectivity index (χ4v) is 6.36. The second kappa shape index (κ2) is 7.62. The molecule has 0 aromatic carbocycles. The SMILES string of the molecule is C[Si](C)(C)CCOCN1C(=O)N(C2CC3(CCC(N)CC3)C2)[C@@]2(CCOC2)C1=O. The predicted octanol–water partition coefficient (Wildman–Crippen LogP) is 2.77. The van der Waals surface area contributed by atoms with Gasteiger partial charge in [-0.25, -0.2) is 9.69 Å². The molecule has 2 saturated heterocycles. The molecule has 2 spiro atoms. The number of hydrogen-bond acceptors (Lipinski definition) is 5. The summed E-state index contributed by atoms with van der Waals surface area (Å²) < 4.78 is 11.4. The van der Waals surface area contributed by atoms with Gasteiger partial charge in [0.25, 0.3) is 5.91 Å². The number of carbonyl (C=O) groups excluding carboxylic acids is 2. The van der Waals surface area contributed by atoms with Crippen LogP contribution in [0.5, 0.6) is 0 Å². The minimum atomic E-state index is -1.21. The molecule has 8 heteroatoms. The van der Waals surface area contributed by atoms with Crippen molar-refractivity contribution in [2.24, 2.45) is 11.1 Å². The van der Waals surface area contributed by atoms with E-state index in [-0.39, 0.29) is 24.7 Å². The molecule has 4 aliphatic rings. The molecule has 2 N–H and O–H groups in total. The van der Waals surface area contributed by atoms with Gasteiger partial charge in [0.15, 0.2) is 0 Å². The van der Waals surface area contributed by atoms with Gasteiger partial charge < -0.3 is 20.1 Å². The number of ether oxygens (including phenoxy) is 2. The average Bonchev–Trinajstić information content (AvgIpc) is 3.17. The van der Waals surface area contributed by atoms with Crippen LogP contribution >= 0.6 is 0 Å². The maximum absolute atomic E-state index is 13.3. The zero-order valence-corrected chi connectivity index (χ0v) is 19.2. The summed E-state index contributed by atoms with van der Waals surface area (Å²) in [5.74, 6) is -0.125. The van der Waals surface area contributed by atoms with Crippen molar-refractivity contribution < 1.29 is 19.1 Å². The Hall–Kier alpha value is -0.963. The topological polar surface area (TPSA) is 85.1 Å². The van der Waals surface area contributed by atoms with E-state index in [2.05, 4.69) is 19.6 Å². The highest BCUT2D eigenvalue weighted by Gasteiger charge is 2.64. The molecule has 7 nitrogen and oxygen atoms in total. The van der Waals surface area contributed by atoms with Gasteiger partial charge in [0.05, 0.1) is 6.61 Å². The maximum Gasteiger partial charge on any atom is 0.329 e. The number of nitrogens with zero attached hydrogens (tertiary/aromatic N) is 2. The van der Waals surface area contributed by atoms with E-state index < -0.39 is 13.6 Å². The van der Waals surface area contributed by atoms with E-state index in [9.17, 15) is 9.59 Å². The van der Waals surface area contributed by atoms with E-state index in [1.807, 2.05) is 4.90 Å². The van der Waals surface area contributed by atoms with Crippen molar-refractivity contribution in [2.45, 2.75) is 88.3 Å². The Bertz CT molecular complexity index is 643. The van der Waals surface area contributed by atoms with Crippen LogP contribution in [0.15, 0.2) is 0 Å². The summed E-state index contributed by atoms with van der Waals surface area (Å²) in [6.07, 6.45) is 7.02. The Morgan fingerprint density at radius 2 is 1.86 bits per heavy atom. The van der Waals surface area contributed by atoms with Crippen molar-refractivity contribution >= 4 is 20.0 Å². The molecule has 2 aliphatic heterocycles. The fraction of sp³-hybridized carbons (Fsp3) is 0.905. The zero-order chi connectivity index (χ0) is 20.9. The Kier molecular flexibility index (Phi) is 5.59. The van der Waals surface area contributed by atoms with Crippen LogP contribution in [0, 0.1) is 5.41 Å². The van der Waals surface area contributed by atoms with Gasteiger partial charge >= 0.3 is 6.03 Å². The molecule has 1 atom stereocenters. The minimum Gasteiger partial charge on any atom is -0.378 e. The first kappa shape index (κ1) is 21.3. The summed E-state index contributed by atoms with van der Waals surface area (Å²) in [7, 11) is -1.21. The van der Waals surface area contributed by atoms with E-state index in [0.717, 1.165) is 44.6 Å². The highest BCUT2D eigenvalue weighted by molar-refractivity contribution is 6.76. The van der Waals surface area contributed by atoms with Crippen molar-refractivity contribution in [2.75, 3.05) is 26.6 Å². The normalized spacial score (nSPS) is 37.8. The molecule has 0 radical (unpaired) electrons. The third-order valence-electron chi connectivity index (χ3n) is 7.55. The summed E-state index contributed by atoms with van der Waals surface area (Å²) in [6.45, 7) is 8.39. The summed E-state index contributed by atoms with van der Waals surface area (Å²) in [4.78, 5) is 29.8. The van der Waals surface area contributed by atoms with Crippen molar-refractivity contribution in [3.8, 4) is 0 Å². The molecule has 164 valence electrons. The molecular weight excluding hydrogens is 386 g/mol. The highest BCUT2D eigenvalue weighted by Crippen LogP contribution is 2.55. The van der Waals surface area contributed by atoms with E-state index in [1.165, 1.54) is 4.90 Å². The van der Waals surface area contributed by atoms with Gasteiger partial charge in [0.1, 0.15) is 12.3 Å². The van der Waals surface area contributed by atoms with Crippen LogP contribution in [0.2, 0.25) is 25.7 Å². The van der Waals surface area contributed by atoms with Crippen molar-refractivity contribution in [1.29, 1.82) is 0 Å². The lowest BCUT2D eigenvalue weighted by Crippen LogP contribution is -2.61. The number of carbonyl (C=O) groups is 2. The highest BCUT2D eigenvalue weighted by atomic mass is 28.3. The van der Waals surface area contributed by atoms with Gasteiger partial charge in [-0.2, -0.15) is 0 Å². The second-order valence-electron chi connectivity index (χ2n) is 11.0. The lowest BCUT2D eigenvalue weighted by Gasteiger charge is -2.55. The number of nitrogens with two attached hydrogens (primary N) is 1. The summed E-state index contributed by atoms with van der Waals surface area (Å²) in [5.41, 5.74) is 5.60. The van der Waals surface area contributed by atoms with Crippen LogP contribution in [-0.4, -0.2) is 74.0 Å². The average molecular weight is 424 g/mol. The van der Waals surface area contributed by atoms with Crippen LogP contribution < -0.4 is 5.73 Å². The van der Waals surface area contributed by atoms with Gasteiger partial charge in [0, 0.05) is 39.8 Å².